The number of para-hydroxylation sites is 1. The molecule has 1 rings (SSSR count). The van der Waals surface area contributed by atoms with Crippen LogP contribution in [0.2, 0.25) is 0 Å². The highest BCUT2D eigenvalue weighted by atomic mass is 16.6. The molecule has 2 unspecified atom stereocenters. The lowest BCUT2D eigenvalue weighted by molar-refractivity contribution is -0.143. The van der Waals surface area contributed by atoms with Crippen LogP contribution in [0, 0.1) is 0 Å². The van der Waals surface area contributed by atoms with Crippen molar-refractivity contribution in [1.29, 1.82) is 0 Å². The number of primary amides is 1. The Bertz CT molecular complexity index is 951. The van der Waals surface area contributed by atoms with E-state index < -0.39 is 47.0 Å². The number of aromatic hydroxyl groups is 1. The summed E-state index contributed by atoms with van der Waals surface area (Å²) >= 11 is 0. The molecule has 0 fully saturated rings. The third-order valence-electron chi connectivity index (χ3n) is 5.49. The molecule has 4 amide bonds. The number of phenols is 1. The Balaban J connectivity index is 3.55. The van der Waals surface area contributed by atoms with Crippen LogP contribution in [0.25, 0.3) is 0 Å². The molecule has 10 nitrogen and oxygen atoms in total. The molecular formula is C28H46N4O6. The third kappa shape index (κ3) is 11.8. The lowest BCUT2D eigenvalue weighted by Gasteiger charge is -2.36. The normalized spacial score (nSPS) is 13.2. The Hall–Kier alpha value is -3.30. The van der Waals surface area contributed by atoms with Crippen LogP contribution in [0.15, 0.2) is 24.3 Å². The van der Waals surface area contributed by atoms with Crippen molar-refractivity contribution in [3.8, 4) is 5.75 Å². The Labute approximate surface area is 226 Å². The number of nitrogens with zero attached hydrogens (tertiary/aromatic N) is 1. The second kappa shape index (κ2) is 14.6. The van der Waals surface area contributed by atoms with Crippen molar-refractivity contribution < 1.29 is 29.0 Å². The van der Waals surface area contributed by atoms with Gasteiger partial charge in [0.25, 0.3) is 0 Å². The van der Waals surface area contributed by atoms with E-state index in [-0.39, 0.29) is 30.7 Å². The topological polar surface area (TPSA) is 151 Å². The Morgan fingerprint density at radius 3 is 2.18 bits per heavy atom. The predicted molar refractivity (Wildman–Crippen MR) is 146 cm³/mol. The minimum Gasteiger partial charge on any atom is -0.508 e. The summed E-state index contributed by atoms with van der Waals surface area (Å²) in [6, 6.07) is 3.99. The number of unbranched alkanes of at least 4 members (excludes halogenated alkanes) is 3. The van der Waals surface area contributed by atoms with Crippen molar-refractivity contribution >= 4 is 23.8 Å². The second-order valence-corrected chi connectivity index (χ2v) is 11.5. The van der Waals surface area contributed by atoms with Crippen molar-refractivity contribution in [2.45, 2.75) is 110 Å². The molecule has 0 aliphatic carbocycles. The molecule has 0 aliphatic heterocycles. The summed E-state index contributed by atoms with van der Waals surface area (Å²) < 4.78 is 5.34. The molecule has 1 aromatic rings. The lowest BCUT2D eigenvalue weighted by atomic mass is 9.98. The van der Waals surface area contributed by atoms with E-state index in [0.29, 0.717) is 6.42 Å². The molecule has 0 aliphatic rings. The maximum absolute atomic E-state index is 14.1. The fourth-order valence-corrected chi connectivity index (χ4v) is 3.88. The molecule has 0 saturated carbocycles. The number of hydrogen-bond donors (Lipinski definition) is 4. The van der Waals surface area contributed by atoms with E-state index in [1.807, 2.05) is 20.8 Å². The third-order valence-corrected chi connectivity index (χ3v) is 5.49. The van der Waals surface area contributed by atoms with Gasteiger partial charge < -0.3 is 31.1 Å². The van der Waals surface area contributed by atoms with E-state index in [0.717, 1.165) is 19.3 Å². The molecule has 0 spiro atoms. The zero-order chi connectivity index (χ0) is 29.1. The highest BCUT2D eigenvalue weighted by Gasteiger charge is 2.38. The van der Waals surface area contributed by atoms with Gasteiger partial charge >= 0.3 is 6.09 Å². The first-order valence-corrected chi connectivity index (χ1v) is 13.2. The summed E-state index contributed by atoms with van der Waals surface area (Å²) in [4.78, 5) is 53.3. The number of alkyl carbamates (subject to hydrolysis) is 1. The largest absolute Gasteiger partial charge is 0.508 e. The van der Waals surface area contributed by atoms with Crippen molar-refractivity contribution in [2.24, 2.45) is 5.73 Å². The fourth-order valence-electron chi connectivity index (χ4n) is 3.88. The highest BCUT2D eigenvalue weighted by molar-refractivity contribution is 5.93. The van der Waals surface area contributed by atoms with Crippen LogP contribution in [-0.4, -0.2) is 57.5 Å². The first-order valence-electron chi connectivity index (χ1n) is 13.2. The number of carbonyl (C=O) groups is 4. The van der Waals surface area contributed by atoms with Gasteiger partial charge in [-0.1, -0.05) is 44.4 Å². The van der Waals surface area contributed by atoms with Gasteiger partial charge in [-0.2, -0.15) is 0 Å². The van der Waals surface area contributed by atoms with Gasteiger partial charge in [0.1, 0.15) is 23.4 Å². The molecular weight excluding hydrogens is 488 g/mol. The van der Waals surface area contributed by atoms with Crippen LogP contribution in [0.5, 0.6) is 5.75 Å². The van der Waals surface area contributed by atoms with Crippen LogP contribution >= 0.6 is 0 Å². The fraction of sp³-hybridized carbons (Fsp3) is 0.643. The number of ether oxygens (including phenoxy) is 1. The summed E-state index contributed by atoms with van der Waals surface area (Å²) in [5.41, 5.74) is 4.17. The Morgan fingerprint density at radius 1 is 1.03 bits per heavy atom. The summed E-state index contributed by atoms with van der Waals surface area (Å²) in [6.07, 6.45) is 2.27. The van der Waals surface area contributed by atoms with E-state index in [2.05, 4.69) is 17.6 Å². The standard InChI is InChI=1S/C28H46N4O6/c1-8-9-10-13-18-32(23(24(35)31-27(2,3)4)19-14-11-12-15-21(19)33)25(36)20(16-17-22(29)34)30-26(37)38-28(5,6)7/h11-12,14-15,20,23,33H,8-10,13,16-18H2,1-7H3,(H2,29,34)(H,30,37)(H,31,35). The Kier molecular flexibility index (Phi) is 12.6. The van der Waals surface area contributed by atoms with Crippen molar-refractivity contribution in [3.05, 3.63) is 29.8 Å². The first-order chi connectivity index (χ1) is 17.6. The van der Waals surface area contributed by atoms with E-state index in [1.165, 1.54) is 11.0 Å². The molecule has 5 N–H and O–H groups in total. The summed E-state index contributed by atoms with van der Waals surface area (Å²) in [7, 11) is 0. The summed E-state index contributed by atoms with van der Waals surface area (Å²) in [5.74, 6) is -1.83. The van der Waals surface area contributed by atoms with Gasteiger partial charge in [0.15, 0.2) is 0 Å². The predicted octanol–water partition coefficient (Wildman–Crippen LogP) is 3.92. The van der Waals surface area contributed by atoms with Crippen molar-refractivity contribution in [2.75, 3.05) is 6.54 Å². The van der Waals surface area contributed by atoms with Crippen molar-refractivity contribution in [3.63, 3.8) is 0 Å². The smallest absolute Gasteiger partial charge is 0.408 e. The average molecular weight is 535 g/mol. The highest BCUT2D eigenvalue weighted by Crippen LogP contribution is 2.31. The summed E-state index contributed by atoms with van der Waals surface area (Å²) in [5, 5.41) is 16.2. The number of nitrogens with one attached hydrogen (secondary N) is 2. The maximum Gasteiger partial charge on any atom is 0.408 e. The van der Waals surface area contributed by atoms with Crippen LogP contribution < -0.4 is 16.4 Å². The number of rotatable bonds is 13. The molecule has 0 heterocycles. The van der Waals surface area contributed by atoms with Gasteiger partial charge in [0, 0.05) is 24.1 Å². The monoisotopic (exact) mass is 534 g/mol. The number of phenolic OH excluding ortho intramolecular Hbond substituents is 1. The van der Waals surface area contributed by atoms with E-state index in [9.17, 15) is 24.3 Å². The van der Waals surface area contributed by atoms with Gasteiger partial charge in [-0.05, 0) is 60.5 Å². The van der Waals surface area contributed by atoms with Gasteiger partial charge in [-0.15, -0.1) is 0 Å². The van der Waals surface area contributed by atoms with Crippen molar-refractivity contribution in [1.82, 2.24) is 15.5 Å². The van der Waals surface area contributed by atoms with E-state index in [4.69, 9.17) is 10.5 Å². The van der Waals surface area contributed by atoms with Gasteiger partial charge in [-0.3, -0.25) is 14.4 Å². The molecule has 2 atom stereocenters. The molecule has 1 aromatic carbocycles. The second-order valence-electron chi connectivity index (χ2n) is 11.5. The number of hydrogen-bond acceptors (Lipinski definition) is 6. The van der Waals surface area contributed by atoms with Crippen LogP contribution in [0.3, 0.4) is 0 Å². The summed E-state index contributed by atoms with van der Waals surface area (Å²) in [6.45, 7) is 12.8. The molecule has 0 saturated heterocycles. The average Bonchev–Trinajstić information content (AvgIpc) is 2.76. The minimum atomic E-state index is -1.18. The van der Waals surface area contributed by atoms with Crippen LogP contribution in [-0.2, 0) is 19.1 Å². The van der Waals surface area contributed by atoms with Crippen LogP contribution in [0.4, 0.5) is 4.79 Å². The molecule has 0 aromatic heterocycles. The van der Waals surface area contributed by atoms with E-state index in [1.54, 1.807) is 39.0 Å². The lowest BCUT2D eigenvalue weighted by Crippen LogP contribution is -2.55. The number of benzene rings is 1. The Morgan fingerprint density at radius 2 is 1.66 bits per heavy atom. The number of carbonyl (C=O) groups excluding carboxylic acids is 4. The number of nitrogens with two attached hydrogens (primary N) is 1. The molecule has 38 heavy (non-hydrogen) atoms. The van der Waals surface area contributed by atoms with Gasteiger partial charge in [-0.25, -0.2) is 4.79 Å². The molecule has 0 radical (unpaired) electrons. The first kappa shape index (κ1) is 32.7. The zero-order valence-corrected chi connectivity index (χ0v) is 23.9. The SMILES string of the molecule is CCCCCCN(C(=O)C(CCC(N)=O)NC(=O)OC(C)(C)C)C(C(=O)NC(C)(C)C)c1ccccc1O. The zero-order valence-electron chi connectivity index (χ0n) is 23.9. The molecule has 214 valence electrons. The quantitative estimate of drug-likeness (QED) is 0.282. The van der Waals surface area contributed by atoms with E-state index >= 15 is 0 Å². The molecule has 10 heteroatoms. The minimum absolute atomic E-state index is 0.0761. The molecule has 0 bridgehead atoms. The number of amides is 4. The van der Waals surface area contributed by atoms with Gasteiger partial charge in [0.2, 0.25) is 17.7 Å². The van der Waals surface area contributed by atoms with Gasteiger partial charge in [0.05, 0.1) is 0 Å². The maximum atomic E-state index is 14.1. The van der Waals surface area contributed by atoms with Crippen LogP contribution in [0.1, 0.15) is 98.6 Å².